The molecule has 1 aromatic heterocycles. The van der Waals surface area contributed by atoms with Crippen molar-refractivity contribution in [2.75, 3.05) is 12.4 Å². The zero-order valence-electron chi connectivity index (χ0n) is 13.2. The van der Waals surface area contributed by atoms with Gasteiger partial charge in [0.15, 0.2) is 0 Å². The maximum Gasteiger partial charge on any atom is 0.275 e. The summed E-state index contributed by atoms with van der Waals surface area (Å²) in [5.74, 6) is 0.817. The number of nitrogens with zero attached hydrogens (tertiary/aromatic N) is 2. The van der Waals surface area contributed by atoms with Crippen molar-refractivity contribution in [2.45, 2.75) is 18.4 Å². The SMILES string of the molecule is COc1ccc([N+](=O)[O-])c2c1N[C@@H](c1ccccn1)C1CC=CC21. The molecule has 4 rings (SSSR count). The van der Waals surface area contributed by atoms with E-state index in [0.717, 1.165) is 12.1 Å². The molecule has 1 aromatic carbocycles. The number of methoxy groups -OCH3 is 1. The summed E-state index contributed by atoms with van der Waals surface area (Å²) in [6.07, 6.45) is 6.82. The number of nitrogens with one attached hydrogen (secondary N) is 1. The van der Waals surface area contributed by atoms with Gasteiger partial charge in [0.25, 0.3) is 5.69 Å². The highest BCUT2D eigenvalue weighted by Gasteiger charge is 2.43. The molecule has 6 heteroatoms. The van der Waals surface area contributed by atoms with Crippen LogP contribution in [-0.4, -0.2) is 17.0 Å². The van der Waals surface area contributed by atoms with Crippen molar-refractivity contribution in [3.05, 3.63) is 70.1 Å². The highest BCUT2D eigenvalue weighted by Crippen LogP contribution is 2.54. The molecule has 122 valence electrons. The molecular formula is C18H17N3O3. The lowest BCUT2D eigenvalue weighted by atomic mass is 9.77. The average Bonchev–Trinajstić information content (AvgIpc) is 3.10. The molecular weight excluding hydrogens is 306 g/mol. The van der Waals surface area contributed by atoms with Crippen molar-refractivity contribution in [1.82, 2.24) is 4.98 Å². The Labute approximate surface area is 139 Å². The Hall–Kier alpha value is -2.89. The molecule has 0 saturated carbocycles. The molecule has 2 aliphatic rings. The molecule has 2 aromatic rings. The van der Waals surface area contributed by atoms with Crippen molar-refractivity contribution < 1.29 is 9.66 Å². The van der Waals surface area contributed by atoms with E-state index in [9.17, 15) is 10.1 Å². The van der Waals surface area contributed by atoms with Crippen LogP contribution < -0.4 is 10.1 Å². The lowest BCUT2D eigenvalue weighted by molar-refractivity contribution is -0.385. The van der Waals surface area contributed by atoms with Crippen LogP contribution in [0.4, 0.5) is 11.4 Å². The summed E-state index contributed by atoms with van der Waals surface area (Å²) in [4.78, 5) is 15.7. The summed E-state index contributed by atoms with van der Waals surface area (Å²) in [6, 6.07) is 9.01. The number of allylic oxidation sites excluding steroid dienone is 2. The molecule has 1 aliphatic carbocycles. The molecule has 2 unspecified atom stereocenters. The summed E-state index contributed by atoms with van der Waals surface area (Å²) < 4.78 is 5.45. The van der Waals surface area contributed by atoms with Gasteiger partial charge in [-0.1, -0.05) is 18.2 Å². The number of rotatable bonds is 3. The lowest BCUT2D eigenvalue weighted by Crippen LogP contribution is -2.30. The lowest BCUT2D eigenvalue weighted by Gasteiger charge is -2.37. The number of nitro benzene ring substituents is 1. The first-order valence-electron chi connectivity index (χ1n) is 7.90. The average molecular weight is 323 g/mol. The van der Waals surface area contributed by atoms with Gasteiger partial charge >= 0.3 is 0 Å². The molecule has 0 amide bonds. The molecule has 1 N–H and O–H groups in total. The standard InChI is InChI=1S/C18H17N3O3/c1-24-15-9-8-14(21(22)23)16-11-5-4-6-12(11)17(20-18(15)16)13-7-2-3-10-19-13/h2-5,7-12,17,20H,6H2,1H3/t11?,12?,17-/m1/s1. The molecule has 0 saturated heterocycles. The van der Waals surface area contributed by atoms with Gasteiger partial charge in [-0.2, -0.15) is 0 Å². The molecule has 0 spiro atoms. The molecule has 0 fully saturated rings. The van der Waals surface area contributed by atoms with Crippen LogP contribution in [0.5, 0.6) is 5.75 Å². The predicted octanol–water partition coefficient (Wildman–Crippen LogP) is 3.82. The van der Waals surface area contributed by atoms with Crippen LogP contribution in [0.2, 0.25) is 0 Å². The number of hydrogen-bond acceptors (Lipinski definition) is 5. The van der Waals surface area contributed by atoms with Gasteiger partial charge in [0.05, 0.1) is 35.0 Å². The number of ether oxygens (including phenoxy) is 1. The molecule has 1 aliphatic heterocycles. The first-order valence-corrected chi connectivity index (χ1v) is 7.90. The smallest absolute Gasteiger partial charge is 0.275 e. The quantitative estimate of drug-likeness (QED) is 0.528. The number of nitro groups is 1. The second-order valence-corrected chi connectivity index (χ2v) is 6.06. The minimum absolute atomic E-state index is 0.00500. The van der Waals surface area contributed by atoms with Gasteiger partial charge < -0.3 is 10.1 Å². The Morgan fingerprint density at radius 1 is 1.33 bits per heavy atom. The second-order valence-electron chi connectivity index (χ2n) is 6.06. The van der Waals surface area contributed by atoms with E-state index >= 15 is 0 Å². The summed E-state index contributed by atoms with van der Waals surface area (Å²) in [5.41, 5.74) is 2.50. The van der Waals surface area contributed by atoms with Crippen molar-refractivity contribution in [2.24, 2.45) is 5.92 Å². The summed E-state index contributed by atoms with van der Waals surface area (Å²) in [7, 11) is 1.58. The van der Waals surface area contributed by atoms with Crippen molar-refractivity contribution >= 4 is 11.4 Å². The fourth-order valence-corrected chi connectivity index (χ4v) is 3.85. The van der Waals surface area contributed by atoms with E-state index < -0.39 is 0 Å². The number of pyridine rings is 1. The topological polar surface area (TPSA) is 77.3 Å². The van der Waals surface area contributed by atoms with Gasteiger partial charge in [-0.05, 0) is 30.5 Å². The van der Waals surface area contributed by atoms with Gasteiger partial charge in [-0.25, -0.2) is 0 Å². The number of aromatic nitrogens is 1. The number of benzene rings is 1. The third kappa shape index (κ3) is 2.14. The van der Waals surface area contributed by atoms with Crippen LogP contribution in [-0.2, 0) is 0 Å². The summed E-state index contributed by atoms with van der Waals surface area (Å²) in [6.45, 7) is 0. The van der Waals surface area contributed by atoms with Crippen molar-refractivity contribution in [3.8, 4) is 5.75 Å². The first kappa shape index (κ1) is 14.7. The first-order chi connectivity index (χ1) is 11.7. The van der Waals surface area contributed by atoms with Crippen molar-refractivity contribution in [3.63, 3.8) is 0 Å². The minimum atomic E-state index is -0.315. The van der Waals surface area contributed by atoms with Gasteiger partial charge in [0, 0.05) is 18.2 Å². The van der Waals surface area contributed by atoms with Gasteiger partial charge in [-0.15, -0.1) is 0 Å². The number of fused-ring (bicyclic) bond motifs is 3. The third-order valence-electron chi connectivity index (χ3n) is 4.88. The third-order valence-corrected chi connectivity index (χ3v) is 4.88. The molecule has 24 heavy (non-hydrogen) atoms. The molecule has 2 heterocycles. The predicted molar refractivity (Wildman–Crippen MR) is 90.2 cm³/mol. The van der Waals surface area contributed by atoms with Crippen LogP contribution in [0, 0.1) is 16.0 Å². The van der Waals surface area contributed by atoms with E-state index in [-0.39, 0.29) is 28.5 Å². The minimum Gasteiger partial charge on any atom is -0.495 e. The van der Waals surface area contributed by atoms with E-state index in [2.05, 4.69) is 22.5 Å². The van der Waals surface area contributed by atoms with E-state index in [0.29, 0.717) is 17.0 Å². The second kappa shape index (κ2) is 5.63. The highest BCUT2D eigenvalue weighted by molar-refractivity contribution is 5.73. The molecule has 0 bridgehead atoms. The van der Waals surface area contributed by atoms with Crippen LogP contribution in [0.15, 0.2) is 48.7 Å². The van der Waals surface area contributed by atoms with E-state index in [1.54, 1.807) is 19.4 Å². The van der Waals surface area contributed by atoms with Gasteiger partial charge in [0.2, 0.25) is 0 Å². The van der Waals surface area contributed by atoms with E-state index in [4.69, 9.17) is 4.74 Å². The van der Waals surface area contributed by atoms with Gasteiger partial charge in [0.1, 0.15) is 5.75 Å². The zero-order valence-corrected chi connectivity index (χ0v) is 13.2. The molecule has 0 radical (unpaired) electrons. The molecule has 6 nitrogen and oxygen atoms in total. The van der Waals surface area contributed by atoms with E-state index in [1.165, 1.54) is 6.07 Å². The maximum absolute atomic E-state index is 11.5. The summed E-state index contributed by atoms with van der Waals surface area (Å²) >= 11 is 0. The van der Waals surface area contributed by atoms with Crippen LogP contribution in [0.1, 0.15) is 29.6 Å². The fourth-order valence-electron chi connectivity index (χ4n) is 3.85. The van der Waals surface area contributed by atoms with E-state index in [1.807, 2.05) is 18.2 Å². The Morgan fingerprint density at radius 3 is 2.92 bits per heavy atom. The van der Waals surface area contributed by atoms with Gasteiger partial charge in [-0.3, -0.25) is 15.1 Å². The number of anilines is 1. The van der Waals surface area contributed by atoms with Crippen LogP contribution in [0.25, 0.3) is 0 Å². The van der Waals surface area contributed by atoms with Crippen molar-refractivity contribution in [1.29, 1.82) is 0 Å². The highest BCUT2D eigenvalue weighted by atomic mass is 16.6. The summed E-state index contributed by atoms with van der Waals surface area (Å²) in [5, 5.41) is 15.0. The Morgan fingerprint density at radius 2 is 2.21 bits per heavy atom. The molecule has 3 atom stereocenters. The monoisotopic (exact) mass is 323 g/mol. The largest absolute Gasteiger partial charge is 0.495 e. The number of hydrogen-bond donors (Lipinski definition) is 1. The van der Waals surface area contributed by atoms with Crippen LogP contribution >= 0.6 is 0 Å². The van der Waals surface area contributed by atoms with Crippen LogP contribution in [0.3, 0.4) is 0 Å². The normalized spacial score (nSPS) is 24.0. The maximum atomic E-state index is 11.5. The zero-order chi connectivity index (χ0) is 16.7. The Bertz CT molecular complexity index is 820. The Balaban J connectivity index is 1.90. The Kier molecular flexibility index (Phi) is 3.45. The fraction of sp³-hybridized carbons (Fsp3) is 0.278.